The summed E-state index contributed by atoms with van der Waals surface area (Å²) >= 11 is 1.63. The topological polar surface area (TPSA) is 72.8 Å². The van der Waals surface area contributed by atoms with Gasteiger partial charge in [0.2, 0.25) is 0 Å². The first kappa shape index (κ1) is 15.7. The lowest BCUT2D eigenvalue weighted by Gasteiger charge is -2.30. The van der Waals surface area contributed by atoms with Crippen LogP contribution in [0.5, 0.6) is 0 Å². The third-order valence-corrected chi connectivity index (χ3v) is 5.63. The van der Waals surface area contributed by atoms with Crippen LogP contribution in [0.4, 0.5) is 5.82 Å². The highest BCUT2D eigenvalue weighted by atomic mass is 32.1. The van der Waals surface area contributed by atoms with Gasteiger partial charge in [0.25, 0.3) is 0 Å². The number of hydrogen-bond acceptors (Lipinski definition) is 7. The van der Waals surface area contributed by atoms with Crippen LogP contribution in [-0.4, -0.2) is 32.0 Å². The van der Waals surface area contributed by atoms with Crippen molar-refractivity contribution in [1.82, 2.24) is 20.4 Å². The van der Waals surface area contributed by atoms with Crippen LogP contribution in [0.15, 0.2) is 6.07 Å². The van der Waals surface area contributed by atoms with Crippen LogP contribution in [0.25, 0.3) is 20.4 Å². The van der Waals surface area contributed by atoms with E-state index in [1.807, 2.05) is 0 Å². The van der Waals surface area contributed by atoms with Crippen LogP contribution >= 0.6 is 11.3 Å². The summed E-state index contributed by atoms with van der Waals surface area (Å²) < 4.78 is 6.95. The molecular formula is C17H21N5OS. The lowest BCUT2D eigenvalue weighted by Crippen LogP contribution is -2.32. The fraction of sp³-hybridized carbons (Fsp3) is 0.529. The van der Waals surface area contributed by atoms with Crippen molar-refractivity contribution < 1.29 is 4.74 Å². The van der Waals surface area contributed by atoms with Crippen molar-refractivity contribution >= 4 is 37.6 Å². The third-order valence-electron chi connectivity index (χ3n) is 4.54. The summed E-state index contributed by atoms with van der Waals surface area (Å²) in [7, 11) is 0. The molecule has 3 aromatic heterocycles. The average Bonchev–Trinajstić information content (AvgIpc) is 2.90. The number of nitrogens with one attached hydrogen (secondary N) is 1. The highest BCUT2D eigenvalue weighted by molar-refractivity contribution is 7.25. The molecule has 4 heterocycles. The second-order valence-corrected chi connectivity index (χ2v) is 8.04. The Balaban J connectivity index is 1.87. The van der Waals surface area contributed by atoms with Crippen LogP contribution in [0.3, 0.4) is 0 Å². The SMILES string of the molecule is CC[C@H](C)Nc1nnnc2c1sc1nc3c(cc12)COC(C)(C)C3. The minimum absolute atomic E-state index is 0.158. The van der Waals surface area contributed by atoms with Crippen molar-refractivity contribution in [3.63, 3.8) is 0 Å². The second kappa shape index (κ2) is 5.60. The molecule has 0 spiro atoms. The van der Waals surface area contributed by atoms with Gasteiger partial charge in [-0.25, -0.2) is 4.98 Å². The Morgan fingerprint density at radius 3 is 3.00 bits per heavy atom. The lowest BCUT2D eigenvalue weighted by atomic mass is 9.95. The molecule has 1 N–H and O–H groups in total. The van der Waals surface area contributed by atoms with E-state index in [0.29, 0.717) is 12.6 Å². The number of anilines is 1. The molecule has 0 amide bonds. The molecule has 0 saturated heterocycles. The van der Waals surface area contributed by atoms with Crippen molar-refractivity contribution in [3.8, 4) is 0 Å². The predicted octanol–water partition coefficient (Wildman–Crippen LogP) is 3.70. The Hall–Kier alpha value is -1.86. The number of aromatic nitrogens is 4. The summed E-state index contributed by atoms with van der Waals surface area (Å²) in [5.41, 5.74) is 2.99. The molecule has 0 unspecified atom stereocenters. The summed E-state index contributed by atoms with van der Waals surface area (Å²) in [5.74, 6) is 0.798. The van der Waals surface area contributed by atoms with Gasteiger partial charge in [0.1, 0.15) is 15.0 Å². The van der Waals surface area contributed by atoms with Crippen LogP contribution in [-0.2, 0) is 17.8 Å². The van der Waals surface area contributed by atoms with Gasteiger partial charge >= 0.3 is 0 Å². The van der Waals surface area contributed by atoms with E-state index in [2.05, 4.69) is 54.5 Å². The highest BCUT2D eigenvalue weighted by Crippen LogP contribution is 2.37. The van der Waals surface area contributed by atoms with Gasteiger partial charge < -0.3 is 10.1 Å². The maximum absolute atomic E-state index is 5.92. The first-order valence-electron chi connectivity index (χ1n) is 8.31. The molecular weight excluding hydrogens is 322 g/mol. The summed E-state index contributed by atoms with van der Waals surface area (Å²) in [5, 5.41) is 16.9. The second-order valence-electron chi connectivity index (χ2n) is 7.04. The van der Waals surface area contributed by atoms with E-state index in [1.54, 1.807) is 11.3 Å². The minimum atomic E-state index is -0.158. The van der Waals surface area contributed by atoms with Crippen molar-refractivity contribution in [1.29, 1.82) is 0 Å². The molecule has 126 valence electrons. The minimum Gasteiger partial charge on any atom is -0.370 e. The number of fused-ring (bicyclic) bond motifs is 4. The zero-order valence-electron chi connectivity index (χ0n) is 14.4. The van der Waals surface area contributed by atoms with Gasteiger partial charge in [-0.05, 0) is 38.5 Å². The Morgan fingerprint density at radius 1 is 1.38 bits per heavy atom. The summed E-state index contributed by atoms with van der Waals surface area (Å²) in [4.78, 5) is 5.90. The molecule has 4 rings (SSSR count). The fourth-order valence-electron chi connectivity index (χ4n) is 2.94. The largest absolute Gasteiger partial charge is 0.370 e. The van der Waals surface area contributed by atoms with Gasteiger partial charge in [-0.1, -0.05) is 6.92 Å². The number of hydrogen-bond donors (Lipinski definition) is 1. The quantitative estimate of drug-likeness (QED) is 0.782. The summed E-state index contributed by atoms with van der Waals surface area (Å²) in [6.07, 6.45) is 1.85. The first-order valence-corrected chi connectivity index (χ1v) is 9.13. The van der Waals surface area contributed by atoms with Gasteiger partial charge in [0.05, 0.1) is 17.9 Å². The Labute approximate surface area is 144 Å². The normalized spacial score (nSPS) is 17.8. The Bertz CT molecular complexity index is 920. The van der Waals surface area contributed by atoms with E-state index in [9.17, 15) is 0 Å². The molecule has 24 heavy (non-hydrogen) atoms. The van der Waals surface area contributed by atoms with E-state index < -0.39 is 0 Å². The van der Waals surface area contributed by atoms with E-state index in [-0.39, 0.29) is 5.60 Å². The molecule has 0 fully saturated rings. The van der Waals surface area contributed by atoms with Crippen molar-refractivity contribution in [2.24, 2.45) is 0 Å². The molecule has 6 nitrogen and oxygen atoms in total. The molecule has 0 aliphatic carbocycles. The van der Waals surface area contributed by atoms with E-state index in [1.165, 1.54) is 0 Å². The lowest BCUT2D eigenvalue weighted by molar-refractivity contribution is -0.0411. The van der Waals surface area contributed by atoms with Gasteiger partial charge in [-0.3, -0.25) is 0 Å². The van der Waals surface area contributed by atoms with Crippen LogP contribution in [0.1, 0.15) is 45.4 Å². The Kier molecular flexibility index (Phi) is 3.65. The monoisotopic (exact) mass is 343 g/mol. The molecule has 1 aliphatic rings. The van der Waals surface area contributed by atoms with E-state index in [0.717, 1.165) is 50.4 Å². The maximum atomic E-state index is 5.92. The van der Waals surface area contributed by atoms with E-state index in [4.69, 9.17) is 9.72 Å². The molecule has 0 bridgehead atoms. The number of thiophene rings is 1. The number of nitrogens with zero attached hydrogens (tertiary/aromatic N) is 4. The number of pyridine rings is 1. The molecule has 0 saturated carbocycles. The van der Waals surface area contributed by atoms with E-state index >= 15 is 0 Å². The molecule has 3 aromatic rings. The zero-order chi connectivity index (χ0) is 16.9. The summed E-state index contributed by atoms with van der Waals surface area (Å²) in [6, 6.07) is 2.50. The molecule has 1 atom stereocenters. The molecule has 0 radical (unpaired) electrons. The average molecular weight is 343 g/mol. The standard InChI is InChI=1S/C17H21N5OS/c1-5-9(2)18-15-14-13(20-22-21-15)11-6-10-8-23-17(3,4)7-12(10)19-16(11)24-14/h6,9H,5,7-8H2,1-4H3,(H,18,20,21)/t9-/m0/s1. The van der Waals surface area contributed by atoms with Gasteiger partial charge in [0, 0.05) is 23.4 Å². The molecule has 0 aromatic carbocycles. The Morgan fingerprint density at radius 2 is 2.21 bits per heavy atom. The fourth-order valence-corrected chi connectivity index (χ4v) is 4.00. The molecule has 1 aliphatic heterocycles. The first-order chi connectivity index (χ1) is 11.5. The number of ether oxygens (including phenoxy) is 1. The summed E-state index contributed by atoms with van der Waals surface area (Å²) in [6.45, 7) is 9.09. The zero-order valence-corrected chi connectivity index (χ0v) is 15.2. The van der Waals surface area contributed by atoms with Gasteiger partial charge in [-0.15, -0.1) is 21.5 Å². The maximum Gasteiger partial charge on any atom is 0.170 e. The highest BCUT2D eigenvalue weighted by Gasteiger charge is 2.28. The number of rotatable bonds is 3. The van der Waals surface area contributed by atoms with Crippen molar-refractivity contribution in [3.05, 3.63) is 17.3 Å². The predicted molar refractivity (Wildman–Crippen MR) is 96.5 cm³/mol. The van der Waals surface area contributed by atoms with Gasteiger partial charge in [0.15, 0.2) is 5.82 Å². The third kappa shape index (κ3) is 2.61. The van der Waals surface area contributed by atoms with Crippen LogP contribution in [0, 0.1) is 0 Å². The van der Waals surface area contributed by atoms with Crippen LogP contribution in [0.2, 0.25) is 0 Å². The van der Waals surface area contributed by atoms with Crippen molar-refractivity contribution in [2.75, 3.05) is 5.32 Å². The molecule has 7 heteroatoms. The van der Waals surface area contributed by atoms with Gasteiger partial charge in [-0.2, -0.15) is 0 Å². The van der Waals surface area contributed by atoms with Crippen LogP contribution < -0.4 is 5.32 Å². The smallest absolute Gasteiger partial charge is 0.170 e. The van der Waals surface area contributed by atoms with Crippen molar-refractivity contribution in [2.45, 2.75) is 58.8 Å².